The summed E-state index contributed by atoms with van der Waals surface area (Å²) in [6.07, 6.45) is -28.1. The van der Waals surface area contributed by atoms with E-state index in [1.165, 1.54) is 31.4 Å². The van der Waals surface area contributed by atoms with E-state index < -0.39 is 117 Å². The Balaban J connectivity index is 0.00000417. The molecule has 22 heteroatoms. The fourth-order valence-electron chi connectivity index (χ4n) is 5.26. The standard InChI is InChI=1S/C27H37NO19.2Na/c1-8(30)28-12-19(44-27-17(35)14(32)15(33)21(46-27)23(37)38)13(31)11(7-29)43-25(12)45-20-16(34)18(36)26(47-22(20)24(39)40)42-10-5-3-9(41-2)4-6-10;;/h3-6,11-22,25-27,29,31-36H,7H2,1-2H3,(H,28,30)(H,37,38)(H,39,40);;/q;2*+1/p-2/t11-,12-,13-,14+,15+,16-,17-,18-,19-,20+,21+,22+,25+,26-,27-;;/m1../s1. The van der Waals surface area contributed by atoms with Gasteiger partial charge in [0.15, 0.2) is 12.6 Å². The molecule has 8 N–H and O–H groups in total. The third-order valence-corrected chi connectivity index (χ3v) is 7.70. The Morgan fingerprint density at radius 3 is 1.78 bits per heavy atom. The van der Waals surface area contributed by atoms with Crippen molar-refractivity contribution in [3.63, 3.8) is 0 Å². The first-order valence-corrected chi connectivity index (χ1v) is 14.1. The summed E-state index contributed by atoms with van der Waals surface area (Å²) in [7, 11) is 1.42. The van der Waals surface area contributed by atoms with Gasteiger partial charge in [-0.3, -0.25) is 4.79 Å². The molecule has 49 heavy (non-hydrogen) atoms. The van der Waals surface area contributed by atoms with Crippen molar-refractivity contribution >= 4 is 17.8 Å². The monoisotopic (exact) mass is 723 g/mol. The molecule has 0 radical (unpaired) electrons. The number of hydrogen-bond acceptors (Lipinski definition) is 19. The summed E-state index contributed by atoms with van der Waals surface area (Å²) in [6.45, 7) is 0.0447. The van der Waals surface area contributed by atoms with E-state index in [0.717, 1.165) is 6.92 Å². The van der Waals surface area contributed by atoms with E-state index in [-0.39, 0.29) is 64.9 Å². The first-order chi connectivity index (χ1) is 22.2. The van der Waals surface area contributed by atoms with E-state index in [1.807, 2.05) is 0 Å². The molecule has 20 nitrogen and oxygen atoms in total. The van der Waals surface area contributed by atoms with E-state index in [1.54, 1.807) is 0 Å². The van der Waals surface area contributed by atoms with Crippen LogP contribution < -0.4 is 84.1 Å². The van der Waals surface area contributed by atoms with Crippen molar-refractivity contribution in [2.45, 2.75) is 99.0 Å². The van der Waals surface area contributed by atoms with Gasteiger partial charge in [0.05, 0.1) is 25.7 Å². The largest absolute Gasteiger partial charge is 1.00 e. The number of aliphatic hydroxyl groups excluding tert-OH is 7. The van der Waals surface area contributed by atoms with Crippen LogP contribution in [-0.4, -0.2) is 159 Å². The van der Waals surface area contributed by atoms with Gasteiger partial charge >= 0.3 is 59.1 Å². The number of ether oxygens (including phenoxy) is 7. The van der Waals surface area contributed by atoms with Gasteiger partial charge in [0.2, 0.25) is 12.2 Å². The molecule has 0 unspecified atom stereocenters. The van der Waals surface area contributed by atoms with Crippen LogP contribution in [0.15, 0.2) is 24.3 Å². The molecule has 3 heterocycles. The number of aliphatic carboxylic acids is 2. The zero-order valence-corrected chi connectivity index (χ0v) is 30.7. The number of carbonyl (C=O) groups is 3. The third-order valence-electron chi connectivity index (χ3n) is 7.70. The van der Waals surface area contributed by atoms with Crippen LogP contribution in [0, 0.1) is 0 Å². The quantitative estimate of drug-likeness (QED) is 0.0983. The normalized spacial score (nSPS) is 39.0. The van der Waals surface area contributed by atoms with E-state index in [2.05, 4.69) is 5.32 Å². The van der Waals surface area contributed by atoms with E-state index >= 15 is 0 Å². The Morgan fingerprint density at radius 1 is 0.714 bits per heavy atom. The first kappa shape index (κ1) is 43.9. The summed E-state index contributed by atoms with van der Waals surface area (Å²) in [5.41, 5.74) is 0. The minimum atomic E-state index is -2.22. The number of hydrogen-bond donors (Lipinski definition) is 8. The predicted molar refractivity (Wildman–Crippen MR) is 140 cm³/mol. The molecular formula is C27H35NNa2O19. The molecule has 0 spiro atoms. The average molecular weight is 724 g/mol. The number of amides is 1. The topological polar surface area (TPSA) is 316 Å². The average Bonchev–Trinajstić information content (AvgIpc) is 3.03. The van der Waals surface area contributed by atoms with Crippen LogP contribution in [0.5, 0.6) is 11.5 Å². The molecule has 3 saturated heterocycles. The van der Waals surface area contributed by atoms with Gasteiger partial charge in [0.1, 0.15) is 84.7 Å². The molecular weight excluding hydrogens is 688 g/mol. The number of benzene rings is 1. The van der Waals surface area contributed by atoms with E-state index in [4.69, 9.17) is 33.2 Å². The van der Waals surface area contributed by atoms with Crippen molar-refractivity contribution in [1.82, 2.24) is 5.32 Å². The second-order valence-corrected chi connectivity index (χ2v) is 10.9. The van der Waals surface area contributed by atoms with Crippen LogP contribution in [-0.2, 0) is 38.1 Å². The van der Waals surface area contributed by atoms with Crippen LogP contribution in [0.2, 0.25) is 0 Å². The van der Waals surface area contributed by atoms with Crippen molar-refractivity contribution in [3.05, 3.63) is 24.3 Å². The minimum absolute atomic E-state index is 0. The molecule has 1 amide bonds. The molecule has 3 aliphatic rings. The van der Waals surface area contributed by atoms with Crippen LogP contribution in [0.25, 0.3) is 0 Å². The zero-order chi connectivity index (χ0) is 34.7. The van der Waals surface area contributed by atoms with Gasteiger partial charge in [-0.15, -0.1) is 0 Å². The third kappa shape index (κ3) is 10.0. The van der Waals surface area contributed by atoms with Gasteiger partial charge < -0.3 is 94.0 Å². The molecule has 4 rings (SSSR count). The minimum Gasteiger partial charge on any atom is -0.547 e. The molecule has 15 atom stereocenters. The van der Waals surface area contributed by atoms with Crippen LogP contribution in [0.4, 0.5) is 0 Å². The number of nitrogens with one attached hydrogen (secondary N) is 1. The van der Waals surface area contributed by atoms with Gasteiger partial charge in [-0.1, -0.05) is 0 Å². The predicted octanol–water partition coefficient (Wildman–Crippen LogP) is -13.8. The summed E-state index contributed by atoms with van der Waals surface area (Å²) in [4.78, 5) is 35.8. The van der Waals surface area contributed by atoms with Crippen molar-refractivity contribution in [3.8, 4) is 11.5 Å². The van der Waals surface area contributed by atoms with E-state index in [9.17, 15) is 60.3 Å². The van der Waals surface area contributed by atoms with Crippen molar-refractivity contribution in [1.29, 1.82) is 0 Å². The molecule has 0 aromatic heterocycles. The van der Waals surface area contributed by atoms with Gasteiger partial charge in [-0.25, -0.2) is 0 Å². The number of carbonyl (C=O) groups excluding carboxylic acids is 3. The smallest absolute Gasteiger partial charge is 0.547 e. The van der Waals surface area contributed by atoms with Crippen molar-refractivity contribution in [2.24, 2.45) is 0 Å². The van der Waals surface area contributed by atoms with E-state index in [0.29, 0.717) is 5.75 Å². The van der Waals surface area contributed by atoms with Crippen molar-refractivity contribution in [2.75, 3.05) is 13.7 Å². The summed E-state index contributed by atoms with van der Waals surface area (Å²) in [5, 5.41) is 99.1. The van der Waals surface area contributed by atoms with Crippen LogP contribution in [0.1, 0.15) is 6.92 Å². The van der Waals surface area contributed by atoms with Gasteiger partial charge in [-0.2, -0.15) is 0 Å². The molecule has 1 aromatic rings. The Hall–Kier alpha value is -1.25. The maximum atomic E-state index is 12.2. The van der Waals surface area contributed by atoms with Crippen molar-refractivity contribution < 1.29 is 153 Å². The number of methoxy groups -OCH3 is 1. The van der Waals surface area contributed by atoms with Crippen LogP contribution in [0.3, 0.4) is 0 Å². The molecule has 1 aromatic carbocycles. The Morgan fingerprint density at radius 2 is 1.24 bits per heavy atom. The molecule has 3 fully saturated rings. The summed E-state index contributed by atoms with van der Waals surface area (Å²) >= 11 is 0. The first-order valence-electron chi connectivity index (χ1n) is 14.1. The summed E-state index contributed by atoms with van der Waals surface area (Å²) in [6, 6.07) is 4.10. The summed E-state index contributed by atoms with van der Waals surface area (Å²) < 4.78 is 37.8. The number of rotatable bonds is 11. The Kier molecular flexibility index (Phi) is 17.0. The second-order valence-electron chi connectivity index (χ2n) is 10.9. The van der Waals surface area contributed by atoms with Gasteiger partial charge in [-0.05, 0) is 24.3 Å². The molecule has 3 aliphatic heterocycles. The van der Waals surface area contributed by atoms with Crippen LogP contribution >= 0.6 is 0 Å². The number of aliphatic hydroxyl groups is 7. The molecule has 264 valence electrons. The molecule has 0 aliphatic carbocycles. The van der Waals surface area contributed by atoms with Gasteiger partial charge in [0.25, 0.3) is 0 Å². The number of carboxylic acid groups (broad SMARTS) is 2. The maximum Gasteiger partial charge on any atom is 1.00 e. The SMILES string of the molecule is COc1ccc(O[C@@H]2O[C@H](C(=O)[O-])[C@@H](O[C@@H]3O[C@H](CO)[C@@H](O)[C@H](O[C@@H]4O[C@H](C(=O)[O-])[C@@H](O)[C@H](O)[C@H]4O)[C@H]3NC(C)=O)[C@H](O)[C@H]2O)cc1.[Na+].[Na+]. The fourth-order valence-corrected chi connectivity index (χ4v) is 5.26. The zero-order valence-electron chi connectivity index (χ0n) is 26.7. The Bertz CT molecular complexity index is 1250. The molecule has 0 saturated carbocycles. The second kappa shape index (κ2) is 19.0. The number of carboxylic acids is 2. The Labute approximate surface area is 322 Å². The van der Waals surface area contributed by atoms with Gasteiger partial charge in [0, 0.05) is 6.92 Å². The molecule has 0 bridgehead atoms. The maximum absolute atomic E-state index is 12.2. The summed E-state index contributed by atoms with van der Waals surface area (Å²) in [5.74, 6) is -4.22. The fraction of sp³-hybridized carbons (Fsp3) is 0.667.